The average Bonchev–Trinajstić information content (AvgIpc) is 2.89. The van der Waals surface area contributed by atoms with E-state index in [-0.39, 0.29) is 17.0 Å². The second kappa shape index (κ2) is 13.7. The third kappa shape index (κ3) is 8.50. The van der Waals surface area contributed by atoms with E-state index in [0.29, 0.717) is 13.2 Å². The zero-order chi connectivity index (χ0) is 25.3. The maximum atomic E-state index is 5.86. The molecule has 0 aliphatic rings. The van der Waals surface area contributed by atoms with Crippen LogP contribution in [0.2, 0.25) is 0 Å². The molecule has 0 unspecified atom stereocenters. The van der Waals surface area contributed by atoms with Crippen LogP contribution in [0.25, 0.3) is 0 Å². The number of halogens is 1. The van der Waals surface area contributed by atoms with E-state index >= 15 is 0 Å². The van der Waals surface area contributed by atoms with Gasteiger partial charge in [-0.15, -0.1) is 0 Å². The Hall–Kier alpha value is -3.58. The summed E-state index contributed by atoms with van der Waals surface area (Å²) in [6, 6.07) is 25.0. The molecule has 0 N–H and O–H groups in total. The van der Waals surface area contributed by atoms with Crippen molar-refractivity contribution < 1.29 is 35.6 Å². The highest BCUT2D eigenvalue weighted by Gasteiger charge is 2.06. The number of pyridine rings is 2. The third-order valence-corrected chi connectivity index (χ3v) is 5.98. The summed E-state index contributed by atoms with van der Waals surface area (Å²) >= 11 is 0. The van der Waals surface area contributed by atoms with Gasteiger partial charge < -0.3 is 36.3 Å². The summed E-state index contributed by atoms with van der Waals surface area (Å²) in [4.78, 5) is 4.20. The molecular weight excluding hydrogens is 528 g/mol. The van der Waals surface area contributed by atoms with Crippen molar-refractivity contribution in [2.24, 2.45) is 0 Å². The standard InChI is InChI=1S/C30H36N4O2.BrH/c1-31(2)27-13-17-33(18-14-27)23-25-5-9-29(10-6-25)35-21-22-36-30-11-7-26(8-12-30)24-34-19-15-28(16-20-34)32(3)4;/h5-20H,21-24H2,1-4H3;1H/q+2;/p-1. The number of rotatable bonds is 11. The van der Waals surface area contributed by atoms with E-state index in [2.05, 4.69) is 92.3 Å². The summed E-state index contributed by atoms with van der Waals surface area (Å²) in [7, 11) is 8.19. The maximum Gasteiger partial charge on any atom is 0.173 e. The molecule has 4 rings (SSSR count). The molecule has 0 fully saturated rings. The molecule has 0 radical (unpaired) electrons. The molecule has 0 amide bonds. The lowest BCUT2D eigenvalue weighted by Gasteiger charge is -2.11. The minimum absolute atomic E-state index is 0. The van der Waals surface area contributed by atoms with Gasteiger partial charge in [0.05, 0.1) is 0 Å². The fraction of sp³-hybridized carbons (Fsp3) is 0.267. The molecular formula is C30H36BrN4O2+. The Morgan fingerprint density at radius 3 is 1.14 bits per heavy atom. The summed E-state index contributed by atoms with van der Waals surface area (Å²) in [5, 5.41) is 0. The maximum absolute atomic E-state index is 5.86. The van der Waals surface area contributed by atoms with Crippen molar-refractivity contribution in [2.45, 2.75) is 13.1 Å². The van der Waals surface area contributed by atoms with Gasteiger partial charge in [0.2, 0.25) is 0 Å². The van der Waals surface area contributed by atoms with Crippen LogP contribution in [0, 0.1) is 0 Å². The first kappa shape index (κ1) is 28.0. The molecule has 4 aromatic rings. The normalized spacial score (nSPS) is 10.4. The number of nitrogens with zero attached hydrogens (tertiary/aromatic N) is 4. The summed E-state index contributed by atoms with van der Waals surface area (Å²) in [5.74, 6) is 1.70. The number of hydrogen-bond acceptors (Lipinski definition) is 4. The van der Waals surface area contributed by atoms with Crippen molar-refractivity contribution in [1.82, 2.24) is 0 Å². The van der Waals surface area contributed by atoms with E-state index in [0.717, 1.165) is 24.6 Å². The van der Waals surface area contributed by atoms with Crippen LogP contribution in [-0.4, -0.2) is 41.4 Å². The smallest absolute Gasteiger partial charge is 0.173 e. The molecule has 0 saturated carbocycles. The number of ether oxygens (including phenoxy) is 2. The zero-order valence-corrected chi connectivity index (χ0v) is 23.6. The predicted octanol–water partition coefficient (Wildman–Crippen LogP) is 0.952. The van der Waals surface area contributed by atoms with Crippen LogP contribution < -0.4 is 45.4 Å². The van der Waals surface area contributed by atoms with Gasteiger partial charge in [-0.05, 0) is 48.5 Å². The minimum atomic E-state index is 0. The van der Waals surface area contributed by atoms with E-state index in [1.54, 1.807) is 0 Å². The lowest BCUT2D eigenvalue weighted by atomic mass is 10.2. The van der Waals surface area contributed by atoms with Crippen molar-refractivity contribution in [2.75, 3.05) is 51.2 Å². The Balaban J connectivity index is 0.00000380. The van der Waals surface area contributed by atoms with E-state index in [4.69, 9.17) is 9.47 Å². The first-order chi connectivity index (χ1) is 17.5. The van der Waals surface area contributed by atoms with Crippen molar-refractivity contribution >= 4 is 11.4 Å². The molecule has 6 nitrogen and oxygen atoms in total. The predicted molar refractivity (Wildman–Crippen MR) is 144 cm³/mol. The van der Waals surface area contributed by atoms with Gasteiger partial charge in [0.1, 0.15) is 24.7 Å². The van der Waals surface area contributed by atoms with Crippen LogP contribution in [0.5, 0.6) is 11.5 Å². The van der Waals surface area contributed by atoms with E-state index in [9.17, 15) is 0 Å². The third-order valence-electron chi connectivity index (χ3n) is 5.98. The Kier molecular flexibility index (Phi) is 10.3. The molecule has 37 heavy (non-hydrogen) atoms. The second-order valence-electron chi connectivity index (χ2n) is 9.23. The molecule has 2 heterocycles. The molecule has 0 atom stereocenters. The first-order valence-corrected chi connectivity index (χ1v) is 12.2. The first-order valence-electron chi connectivity index (χ1n) is 12.2. The van der Waals surface area contributed by atoms with Crippen LogP contribution in [-0.2, 0) is 13.1 Å². The molecule has 0 bridgehead atoms. The molecule has 2 aromatic heterocycles. The fourth-order valence-corrected chi connectivity index (χ4v) is 3.83. The van der Waals surface area contributed by atoms with Gasteiger partial charge in [0, 0.05) is 75.0 Å². The summed E-state index contributed by atoms with van der Waals surface area (Å²) in [6.45, 7) is 2.64. The Morgan fingerprint density at radius 1 is 0.514 bits per heavy atom. The minimum Gasteiger partial charge on any atom is -1.00 e. The monoisotopic (exact) mass is 563 g/mol. The largest absolute Gasteiger partial charge is 1.00 e. The van der Waals surface area contributed by atoms with Crippen molar-refractivity contribution in [3.05, 3.63) is 109 Å². The highest BCUT2D eigenvalue weighted by molar-refractivity contribution is 5.42. The molecule has 0 spiro atoms. The fourth-order valence-electron chi connectivity index (χ4n) is 3.83. The van der Waals surface area contributed by atoms with Crippen LogP contribution in [0.1, 0.15) is 11.1 Å². The Morgan fingerprint density at radius 2 is 0.838 bits per heavy atom. The number of hydrogen-bond donors (Lipinski definition) is 0. The molecule has 0 aliphatic carbocycles. The van der Waals surface area contributed by atoms with Gasteiger partial charge in [-0.1, -0.05) is 0 Å². The Labute approximate surface area is 231 Å². The molecule has 194 valence electrons. The van der Waals surface area contributed by atoms with Crippen molar-refractivity contribution in [3.63, 3.8) is 0 Å². The van der Waals surface area contributed by atoms with E-state index in [1.807, 2.05) is 52.5 Å². The number of anilines is 2. The van der Waals surface area contributed by atoms with Gasteiger partial charge in [-0.25, -0.2) is 9.13 Å². The Bertz CT molecular complexity index is 1110. The number of aromatic nitrogens is 2. The van der Waals surface area contributed by atoms with E-state index in [1.165, 1.54) is 22.5 Å². The number of benzene rings is 2. The topological polar surface area (TPSA) is 32.7 Å². The van der Waals surface area contributed by atoms with E-state index < -0.39 is 0 Å². The molecule has 0 saturated heterocycles. The SMILES string of the molecule is CN(C)c1cc[n+](Cc2ccc(OCCOc3ccc(C[n+]4ccc(N(C)C)cc4)cc3)cc2)cc1.[Br-]. The van der Waals surface area contributed by atoms with Crippen molar-refractivity contribution in [3.8, 4) is 11.5 Å². The second-order valence-corrected chi connectivity index (χ2v) is 9.23. The average molecular weight is 565 g/mol. The lowest BCUT2D eigenvalue weighted by molar-refractivity contribution is -0.688. The summed E-state index contributed by atoms with van der Waals surface area (Å²) in [5.41, 5.74) is 4.84. The summed E-state index contributed by atoms with van der Waals surface area (Å²) in [6.07, 6.45) is 8.41. The van der Waals surface area contributed by atoms with Gasteiger partial charge in [0.25, 0.3) is 0 Å². The van der Waals surface area contributed by atoms with Gasteiger partial charge in [-0.2, -0.15) is 0 Å². The van der Waals surface area contributed by atoms with Crippen LogP contribution >= 0.6 is 0 Å². The quantitative estimate of drug-likeness (QED) is 0.201. The van der Waals surface area contributed by atoms with Gasteiger partial charge in [0.15, 0.2) is 37.9 Å². The molecule has 7 heteroatoms. The lowest BCUT2D eigenvalue weighted by Crippen LogP contribution is -3.00. The molecule has 0 aliphatic heterocycles. The van der Waals surface area contributed by atoms with Gasteiger partial charge >= 0.3 is 0 Å². The van der Waals surface area contributed by atoms with Crippen LogP contribution in [0.4, 0.5) is 11.4 Å². The highest BCUT2D eigenvalue weighted by Crippen LogP contribution is 2.15. The highest BCUT2D eigenvalue weighted by atomic mass is 79.9. The van der Waals surface area contributed by atoms with Crippen molar-refractivity contribution in [1.29, 1.82) is 0 Å². The van der Waals surface area contributed by atoms with Crippen LogP contribution in [0.3, 0.4) is 0 Å². The van der Waals surface area contributed by atoms with Crippen LogP contribution in [0.15, 0.2) is 97.6 Å². The van der Waals surface area contributed by atoms with Gasteiger partial charge in [-0.3, -0.25) is 0 Å². The zero-order valence-electron chi connectivity index (χ0n) is 22.0. The molecule has 2 aromatic carbocycles. The summed E-state index contributed by atoms with van der Waals surface area (Å²) < 4.78 is 16.1.